The van der Waals surface area contributed by atoms with E-state index in [1.165, 1.54) is 12.8 Å². The lowest BCUT2D eigenvalue weighted by atomic mass is 9.99. The van der Waals surface area contributed by atoms with Crippen LogP contribution in [-0.2, 0) is 4.74 Å². The lowest BCUT2D eigenvalue weighted by Gasteiger charge is -2.25. The van der Waals surface area contributed by atoms with Gasteiger partial charge in [-0.2, -0.15) is 0 Å². The molecule has 0 saturated carbocycles. The number of hydrogen-bond donors (Lipinski definition) is 2. The van der Waals surface area contributed by atoms with Crippen molar-refractivity contribution in [3.05, 3.63) is 24.0 Å². The van der Waals surface area contributed by atoms with Crippen molar-refractivity contribution in [3.63, 3.8) is 0 Å². The minimum atomic E-state index is -0.306. The van der Waals surface area contributed by atoms with Gasteiger partial charge in [0.25, 0.3) is 0 Å². The van der Waals surface area contributed by atoms with E-state index < -0.39 is 0 Å². The summed E-state index contributed by atoms with van der Waals surface area (Å²) < 4.78 is 6.16. The van der Waals surface area contributed by atoms with Gasteiger partial charge < -0.3 is 15.6 Å². The van der Waals surface area contributed by atoms with Crippen LogP contribution >= 0.6 is 0 Å². The van der Waals surface area contributed by atoms with Crippen molar-refractivity contribution in [1.82, 2.24) is 0 Å². The molecule has 0 bridgehead atoms. The topological polar surface area (TPSA) is 55.5 Å². The van der Waals surface area contributed by atoms with Gasteiger partial charge in [-0.1, -0.05) is 18.6 Å². The molecule has 2 rings (SSSR count). The zero-order valence-corrected chi connectivity index (χ0v) is 11.8. The summed E-state index contributed by atoms with van der Waals surface area (Å²) in [6, 6.07) is 0.241. The third-order valence-electron chi connectivity index (χ3n) is 3.98. The molecule has 19 heavy (non-hydrogen) atoms. The maximum atomic E-state index is 9.69. The summed E-state index contributed by atoms with van der Waals surface area (Å²) in [5.74, 6) is 1.08. The number of aliphatic hydroxyl groups excluding tert-OH is 1. The summed E-state index contributed by atoms with van der Waals surface area (Å²) in [6.07, 6.45) is 15.4. The molecule has 0 fully saturated rings. The molecule has 0 aromatic rings. The lowest BCUT2D eigenvalue weighted by molar-refractivity contribution is 0.0753. The fourth-order valence-corrected chi connectivity index (χ4v) is 2.82. The SMILES string of the molecule is NC1CCCC/C=C(\OC2CC/C=C/C(O)CC2)C1. The molecule has 3 heteroatoms. The Balaban J connectivity index is 1.88. The fraction of sp³-hybridized carbons (Fsp3) is 0.750. The summed E-state index contributed by atoms with van der Waals surface area (Å²) in [5.41, 5.74) is 6.11. The first-order chi connectivity index (χ1) is 9.24. The molecule has 3 N–H and O–H groups in total. The first kappa shape index (κ1) is 14.6. The quantitative estimate of drug-likeness (QED) is 0.755. The maximum absolute atomic E-state index is 9.69. The van der Waals surface area contributed by atoms with Crippen LogP contribution in [0, 0.1) is 0 Å². The molecule has 0 aromatic heterocycles. The molecule has 0 amide bonds. The van der Waals surface area contributed by atoms with Crippen molar-refractivity contribution in [2.24, 2.45) is 5.73 Å². The number of rotatable bonds is 2. The van der Waals surface area contributed by atoms with Crippen LogP contribution in [0.1, 0.15) is 57.8 Å². The number of aliphatic hydroxyl groups is 1. The van der Waals surface area contributed by atoms with Crippen LogP contribution in [0.5, 0.6) is 0 Å². The van der Waals surface area contributed by atoms with E-state index in [1.54, 1.807) is 0 Å². The van der Waals surface area contributed by atoms with E-state index in [1.807, 2.05) is 6.08 Å². The Kier molecular flexibility index (Phi) is 5.93. The highest BCUT2D eigenvalue weighted by Gasteiger charge is 2.17. The summed E-state index contributed by atoms with van der Waals surface area (Å²) in [4.78, 5) is 0. The van der Waals surface area contributed by atoms with Crippen molar-refractivity contribution in [3.8, 4) is 0 Å². The molecule has 2 aliphatic rings. The number of hydrogen-bond acceptors (Lipinski definition) is 3. The van der Waals surface area contributed by atoms with Crippen LogP contribution in [0.25, 0.3) is 0 Å². The van der Waals surface area contributed by atoms with Gasteiger partial charge in [-0.15, -0.1) is 0 Å². The Morgan fingerprint density at radius 1 is 1.11 bits per heavy atom. The summed E-state index contributed by atoms with van der Waals surface area (Å²) in [5, 5.41) is 9.69. The van der Waals surface area contributed by atoms with Gasteiger partial charge >= 0.3 is 0 Å². The highest BCUT2D eigenvalue weighted by molar-refractivity contribution is 4.99. The molecular weight excluding hydrogens is 238 g/mol. The highest BCUT2D eigenvalue weighted by atomic mass is 16.5. The van der Waals surface area contributed by atoms with Crippen molar-refractivity contribution in [2.75, 3.05) is 0 Å². The minimum absolute atomic E-state index is 0.234. The van der Waals surface area contributed by atoms with Gasteiger partial charge in [0, 0.05) is 12.5 Å². The molecule has 0 radical (unpaired) electrons. The molecular formula is C16H27NO2. The summed E-state index contributed by atoms with van der Waals surface area (Å²) >= 11 is 0. The van der Waals surface area contributed by atoms with E-state index in [9.17, 15) is 5.11 Å². The average Bonchev–Trinajstić information content (AvgIpc) is 2.34. The summed E-state index contributed by atoms with van der Waals surface area (Å²) in [7, 11) is 0. The van der Waals surface area contributed by atoms with E-state index >= 15 is 0 Å². The van der Waals surface area contributed by atoms with E-state index in [2.05, 4.69) is 12.2 Å². The van der Waals surface area contributed by atoms with Crippen LogP contribution in [-0.4, -0.2) is 23.4 Å². The monoisotopic (exact) mass is 265 g/mol. The van der Waals surface area contributed by atoms with Crippen molar-refractivity contribution < 1.29 is 9.84 Å². The number of ether oxygens (including phenoxy) is 1. The molecule has 3 atom stereocenters. The summed E-state index contributed by atoms with van der Waals surface area (Å²) in [6.45, 7) is 0. The molecule has 0 aliphatic heterocycles. The van der Waals surface area contributed by atoms with Gasteiger partial charge in [-0.05, 0) is 51.0 Å². The molecule has 0 aromatic carbocycles. The molecule has 0 saturated heterocycles. The predicted molar refractivity (Wildman–Crippen MR) is 77.6 cm³/mol. The molecule has 108 valence electrons. The van der Waals surface area contributed by atoms with E-state index in [4.69, 9.17) is 10.5 Å². The van der Waals surface area contributed by atoms with Crippen LogP contribution in [0.2, 0.25) is 0 Å². The minimum Gasteiger partial charge on any atom is -0.495 e. The first-order valence-corrected chi connectivity index (χ1v) is 7.70. The second-order valence-corrected chi connectivity index (χ2v) is 5.81. The fourth-order valence-electron chi connectivity index (χ4n) is 2.82. The average molecular weight is 265 g/mol. The van der Waals surface area contributed by atoms with Crippen molar-refractivity contribution in [1.29, 1.82) is 0 Å². The Bertz CT molecular complexity index is 325. The van der Waals surface area contributed by atoms with Crippen LogP contribution in [0.3, 0.4) is 0 Å². The Labute approximate surface area is 116 Å². The Morgan fingerprint density at radius 3 is 2.89 bits per heavy atom. The molecule has 3 nitrogen and oxygen atoms in total. The molecule has 0 spiro atoms. The Morgan fingerprint density at radius 2 is 2.00 bits per heavy atom. The largest absolute Gasteiger partial charge is 0.495 e. The van der Waals surface area contributed by atoms with Gasteiger partial charge in [0.05, 0.1) is 18.0 Å². The normalized spacial score (nSPS) is 38.0. The number of allylic oxidation sites excluding steroid dienone is 2. The van der Waals surface area contributed by atoms with Gasteiger partial charge in [-0.25, -0.2) is 0 Å². The van der Waals surface area contributed by atoms with E-state index in [0.717, 1.165) is 50.7 Å². The zero-order chi connectivity index (χ0) is 13.5. The Hall–Kier alpha value is -0.800. The van der Waals surface area contributed by atoms with Crippen LogP contribution < -0.4 is 5.73 Å². The van der Waals surface area contributed by atoms with E-state index in [0.29, 0.717) is 0 Å². The molecule has 3 unspecified atom stereocenters. The lowest BCUT2D eigenvalue weighted by Crippen LogP contribution is -2.24. The van der Waals surface area contributed by atoms with Gasteiger partial charge in [-0.3, -0.25) is 0 Å². The standard InChI is InChI=1S/C16H27NO2/c17-13-6-2-1-3-9-16(12-13)19-15-8-5-4-7-14(18)10-11-15/h4,7,9,13-15,18H,1-3,5-6,8,10-12,17H2/b7-4+,16-9-. The second-order valence-electron chi connectivity index (χ2n) is 5.81. The van der Waals surface area contributed by atoms with Crippen LogP contribution in [0.4, 0.5) is 0 Å². The predicted octanol–water partition coefficient (Wildman–Crippen LogP) is 3.04. The first-order valence-electron chi connectivity index (χ1n) is 7.70. The van der Waals surface area contributed by atoms with Crippen LogP contribution in [0.15, 0.2) is 24.0 Å². The van der Waals surface area contributed by atoms with Crippen molar-refractivity contribution >= 4 is 0 Å². The molecule has 2 aliphatic carbocycles. The maximum Gasteiger partial charge on any atom is 0.0986 e. The third-order valence-corrected chi connectivity index (χ3v) is 3.98. The van der Waals surface area contributed by atoms with Crippen molar-refractivity contribution in [2.45, 2.75) is 76.0 Å². The molecule has 0 heterocycles. The van der Waals surface area contributed by atoms with Gasteiger partial charge in [0.1, 0.15) is 0 Å². The van der Waals surface area contributed by atoms with Gasteiger partial charge in [0.15, 0.2) is 0 Å². The third kappa shape index (κ3) is 5.37. The smallest absolute Gasteiger partial charge is 0.0986 e. The second kappa shape index (κ2) is 7.71. The van der Waals surface area contributed by atoms with Gasteiger partial charge in [0.2, 0.25) is 0 Å². The zero-order valence-electron chi connectivity index (χ0n) is 11.8. The highest BCUT2D eigenvalue weighted by Crippen LogP contribution is 2.23. The number of nitrogens with two attached hydrogens (primary N) is 1. The van der Waals surface area contributed by atoms with E-state index in [-0.39, 0.29) is 18.2 Å².